The van der Waals surface area contributed by atoms with Crippen molar-refractivity contribution in [2.24, 2.45) is 0 Å². The quantitative estimate of drug-likeness (QED) is 0.553. The number of tetrazole rings is 1. The van der Waals surface area contributed by atoms with Crippen LogP contribution in [0.1, 0.15) is 35.7 Å². The van der Waals surface area contributed by atoms with Gasteiger partial charge in [-0.05, 0) is 41.0 Å². The molecule has 0 saturated carbocycles. The van der Waals surface area contributed by atoms with Crippen molar-refractivity contribution in [2.75, 3.05) is 17.6 Å². The van der Waals surface area contributed by atoms with Crippen LogP contribution in [0, 0.1) is 0 Å². The van der Waals surface area contributed by atoms with Crippen molar-refractivity contribution in [2.45, 2.75) is 26.3 Å². The van der Waals surface area contributed by atoms with Crippen molar-refractivity contribution < 1.29 is 13.2 Å². The van der Waals surface area contributed by atoms with Crippen molar-refractivity contribution in [3.8, 4) is 11.4 Å². The maximum atomic E-state index is 12.5. The number of carbonyl (C=O) groups excluding carboxylic acids is 1. The molecule has 0 fully saturated rings. The second-order valence-corrected chi connectivity index (χ2v) is 9.13. The zero-order valence-corrected chi connectivity index (χ0v) is 17.6. The smallest absolute Gasteiger partial charge is 0.231 e. The lowest BCUT2D eigenvalue weighted by molar-refractivity contribution is 0.0961. The number of rotatable bonds is 7. The molecule has 0 amide bonds. The van der Waals surface area contributed by atoms with E-state index in [0.29, 0.717) is 23.0 Å². The average Bonchev–Trinajstić information content (AvgIpc) is 3.15. The molecule has 0 unspecified atom stereocenters. The monoisotopic (exact) mass is 413 g/mol. The fraction of sp³-hybridized carbons (Fsp3) is 0.300. The molecule has 3 aromatic rings. The van der Waals surface area contributed by atoms with E-state index < -0.39 is 10.0 Å². The molecule has 0 bridgehead atoms. The second-order valence-electron chi connectivity index (χ2n) is 7.12. The maximum absolute atomic E-state index is 12.5. The van der Waals surface area contributed by atoms with Crippen LogP contribution in [-0.4, -0.2) is 47.7 Å². The van der Waals surface area contributed by atoms with Crippen LogP contribution < -0.4 is 4.31 Å². The van der Waals surface area contributed by atoms with Crippen LogP contribution >= 0.6 is 0 Å². The number of carbonyl (C=O) groups is 1. The third-order valence-electron chi connectivity index (χ3n) is 4.62. The van der Waals surface area contributed by atoms with Gasteiger partial charge in [-0.1, -0.05) is 38.1 Å². The number of hydrogen-bond donors (Lipinski definition) is 0. The van der Waals surface area contributed by atoms with Crippen molar-refractivity contribution in [1.29, 1.82) is 0 Å². The first-order valence-electron chi connectivity index (χ1n) is 9.10. The fourth-order valence-electron chi connectivity index (χ4n) is 2.71. The van der Waals surface area contributed by atoms with E-state index in [0.717, 1.165) is 16.1 Å². The first-order valence-corrected chi connectivity index (χ1v) is 11.0. The van der Waals surface area contributed by atoms with Gasteiger partial charge in [-0.25, -0.2) is 8.42 Å². The Morgan fingerprint density at radius 1 is 1.07 bits per heavy atom. The average molecular weight is 414 g/mol. The predicted molar refractivity (Wildman–Crippen MR) is 111 cm³/mol. The van der Waals surface area contributed by atoms with Gasteiger partial charge in [0.05, 0.1) is 11.9 Å². The van der Waals surface area contributed by atoms with E-state index in [4.69, 9.17) is 0 Å². The molecule has 2 aromatic carbocycles. The zero-order chi connectivity index (χ0) is 21.2. The Morgan fingerprint density at radius 3 is 2.24 bits per heavy atom. The number of aromatic nitrogens is 4. The molecule has 29 heavy (non-hydrogen) atoms. The van der Waals surface area contributed by atoms with Crippen molar-refractivity contribution in [3.63, 3.8) is 0 Å². The Kier molecular flexibility index (Phi) is 5.78. The van der Waals surface area contributed by atoms with Crippen molar-refractivity contribution in [3.05, 3.63) is 59.7 Å². The molecule has 1 aromatic heterocycles. The van der Waals surface area contributed by atoms with E-state index in [2.05, 4.69) is 29.3 Å². The van der Waals surface area contributed by atoms with Crippen LogP contribution in [0.3, 0.4) is 0 Å². The molecular weight excluding hydrogens is 390 g/mol. The van der Waals surface area contributed by atoms with Crippen LogP contribution in [-0.2, 0) is 16.6 Å². The molecular formula is C20H23N5O3S. The van der Waals surface area contributed by atoms with E-state index in [9.17, 15) is 13.2 Å². The molecule has 3 rings (SSSR count). The van der Waals surface area contributed by atoms with Crippen LogP contribution in [0.2, 0.25) is 0 Å². The number of benzene rings is 2. The van der Waals surface area contributed by atoms with Gasteiger partial charge in [0, 0.05) is 18.2 Å². The minimum Gasteiger partial charge on any atom is -0.292 e. The Labute approximate surface area is 170 Å². The number of Topliss-reactive ketones (excluding diaryl/α,β-unsaturated/α-hetero) is 1. The first kappa shape index (κ1) is 20.7. The third kappa shape index (κ3) is 4.86. The molecule has 0 aliphatic rings. The Bertz CT molecular complexity index is 1100. The molecule has 0 N–H and O–H groups in total. The summed E-state index contributed by atoms with van der Waals surface area (Å²) in [4.78, 5) is 13.8. The maximum Gasteiger partial charge on any atom is 0.231 e. The van der Waals surface area contributed by atoms with Gasteiger partial charge in [0.25, 0.3) is 0 Å². The lowest BCUT2D eigenvalue weighted by Gasteiger charge is -2.16. The van der Waals surface area contributed by atoms with Crippen LogP contribution in [0.25, 0.3) is 11.4 Å². The molecule has 8 nitrogen and oxygen atoms in total. The van der Waals surface area contributed by atoms with Gasteiger partial charge in [-0.3, -0.25) is 9.10 Å². The van der Waals surface area contributed by atoms with Crippen molar-refractivity contribution in [1.82, 2.24) is 20.2 Å². The van der Waals surface area contributed by atoms with E-state index in [1.54, 1.807) is 24.3 Å². The predicted octanol–water partition coefficient (Wildman–Crippen LogP) is 2.74. The summed E-state index contributed by atoms with van der Waals surface area (Å²) in [5.41, 5.74) is 2.98. The van der Waals surface area contributed by atoms with Gasteiger partial charge in [-0.2, -0.15) is 4.80 Å². The summed E-state index contributed by atoms with van der Waals surface area (Å²) >= 11 is 0. The molecule has 0 atom stereocenters. The van der Waals surface area contributed by atoms with Crippen LogP contribution in [0.15, 0.2) is 48.5 Å². The minimum absolute atomic E-state index is 0.0572. The van der Waals surface area contributed by atoms with Crippen LogP contribution in [0.4, 0.5) is 5.69 Å². The largest absolute Gasteiger partial charge is 0.292 e. The number of sulfonamides is 1. The third-order valence-corrected chi connectivity index (χ3v) is 5.83. The van der Waals surface area contributed by atoms with Crippen molar-refractivity contribution >= 4 is 21.5 Å². The normalized spacial score (nSPS) is 11.6. The molecule has 0 spiro atoms. The lowest BCUT2D eigenvalue weighted by Crippen LogP contribution is -2.24. The summed E-state index contributed by atoms with van der Waals surface area (Å²) in [6.07, 6.45) is 1.12. The van der Waals surface area contributed by atoms with E-state index >= 15 is 0 Å². The SMILES string of the molecule is CC(C)c1ccc(-c2nnn(CC(=O)c3ccc(N(C)S(C)(=O)=O)cc3)n2)cc1. The molecule has 152 valence electrons. The summed E-state index contributed by atoms with van der Waals surface area (Å²) in [6.45, 7) is 4.19. The summed E-state index contributed by atoms with van der Waals surface area (Å²) in [6, 6.07) is 14.3. The molecule has 1 heterocycles. The van der Waals surface area contributed by atoms with Crippen LogP contribution in [0.5, 0.6) is 0 Å². The molecule has 0 aliphatic carbocycles. The first-order chi connectivity index (χ1) is 13.6. The summed E-state index contributed by atoms with van der Waals surface area (Å²) in [7, 11) is -1.89. The molecule has 0 saturated heterocycles. The van der Waals surface area contributed by atoms with Gasteiger partial charge < -0.3 is 0 Å². The molecule has 0 aliphatic heterocycles. The standard InChI is InChI=1S/C20H23N5O3S/c1-14(2)15-5-7-17(8-6-15)20-21-23-25(22-20)13-19(26)16-9-11-18(12-10-16)24(3)29(4,27)28/h5-12,14H,13H2,1-4H3. The van der Waals surface area contributed by atoms with Gasteiger partial charge in [0.1, 0.15) is 6.54 Å². The van der Waals surface area contributed by atoms with Gasteiger partial charge in [0.2, 0.25) is 15.8 Å². The van der Waals surface area contributed by atoms with Gasteiger partial charge in [-0.15, -0.1) is 10.2 Å². The van der Waals surface area contributed by atoms with Gasteiger partial charge >= 0.3 is 0 Å². The van der Waals surface area contributed by atoms with E-state index in [1.807, 2.05) is 24.3 Å². The lowest BCUT2D eigenvalue weighted by atomic mass is 10.0. The number of ketones is 1. The Hall–Kier alpha value is -3.07. The molecule has 0 radical (unpaired) electrons. The van der Waals surface area contributed by atoms with E-state index in [-0.39, 0.29) is 12.3 Å². The zero-order valence-electron chi connectivity index (χ0n) is 16.8. The van der Waals surface area contributed by atoms with E-state index in [1.165, 1.54) is 17.4 Å². The topological polar surface area (TPSA) is 98.0 Å². The second kappa shape index (κ2) is 8.12. The Morgan fingerprint density at radius 2 is 1.69 bits per heavy atom. The fourth-order valence-corrected chi connectivity index (χ4v) is 3.22. The minimum atomic E-state index is -3.35. The highest BCUT2D eigenvalue weighted by atomic mass is 32.2. The molecule has 9 heteroatoms. The highest BCUT2D eigenvalue weighted by Crippen LogP contribution is 2.20. The number of hydrogen-bond acceptors (Lipinski definition) is 6. The summed E-state index contributed by atoms with van der Waals surface area (Å²) in [5, 5.41) is 12.3. The number of anilines is 1. The summed E-state index contributed by atoms with van der Waals surface area (Å²) < 4.78 is 24.3. The number of nitrogens with zero attached hydrogens (tertiary/aromatic N) is 5. The Balaban J connectivity index is 1.70. The highest BCUT2D eigenvalue weighted by Gasteiger charge is 2.14. The summed E-state index contributed by atoms with van der Waals surface area (Å²) in [5.74, 6) is 0.699. The van der Waals surface area contributed by atoms with Gasteiger partial charge in [0.15, 0.2) is 5.78 Å². The highest BCUT2D eigenvalue weighted by molar-refractivity contribution is 7.92.